The molecule has 0 aromatic carbocycles. The number of nitrogens with one attached hydrogen (secondary N) is 1. The summed E-state index contributed by atoms with van der Waals surface area (Å²) in [6.45, 7) is 2.51. The molecule has 0 bridgehead atoms. The topological polar surface area (TPSA) is 77.3 Å². The van der Waals surface area contributed by atoms with Crippen LogP contribution in [0.1, 0.15) is 6.92 Å². The van der Waals surface area contributed by atoms with Crippen LogP contribution >= 0.6 is 0 Å². The van der Waals surface area contributed by atoms with Crippen molar-refractivity contribution in [1.82, 2.24) is 4.98 Å². The van der Waals surface area contributed by atoms with E-state index in [2.05, 4.69) is 16.2 Å². The van der Waals surface area contributed by atoms with Crippen LogP contribution in [-0.2, 0) is 0 Å². The molecule has 1 heterocycles. The number of hydrogen-bond donors (Lipinski definition) is 1. The van der Waals surface area contributed by atoms with Gasteiger partial charge in [-0.25, -0.2) is 0 Å². The minimum Gasteiger partial charge on any atom is -0.460 e. The molecule has 1 aromatic rings. The Labute approximate surface area is 92.8 Å². The first kappa shape index (κ1) is 11.8. The molecule has 0 unspecified atom stereocenters. The molecule has 1 rings (SSSR count). The SMILES string of the molecule is C#CCOc1nc(NCC)ccc1[N+](=O)[O-]. The molecule has 0 saturated heterocycles. The van der Waals surface area contributed by atoms with Crippen LogP contribution < -0.4 is 10.1 Å². The van der Waals surface area contributed by atoms with Gasteiger partial charge in [0.15, 0.2) is 6.61 Å². The third-order valence-corrected chi connectivity index (χ3v) is 1.69. The molecule has 16 heavy (non-hydrogen) atoms. The minimum atomic E-state index is -0.561. The summed E-state index contributed by atoms with van der Waals surface area (Å²) in [7, 11) is 0. The normalized spacial score (nSPS) is 9.25. The van der Waals surface area contributed by atoms with Gasteiger partial charge in [-0.2, -0.15) is 4.98 Å². The number of rotatable bonds is 5. The molecule has 0 aliphatic carbocycles. The zero-order chi connectivity index (χ0) is 12.0. The highest BCUT2D eigenvalue weighted by atomic mass is 16.6. The molecular formula is C10H11N3O3. The lowest BCUT2D eigenvalue weighted by atomic mass is 10.4. The first-order valence-electron chi connectivity index (χ1n) is 4.64. The van der Waals surface area contributed by atoms with E-state index < -0.39 is 4.92 Å². The Bertz CT molecular complexity index is 426. The molecule has 0 saturated carbocycles. The van der Waals surface area contributed by atoms with Gasteiger partial charge in [0.05, 0.1) is 4.92 Å². The van der Waals surface area contributed by atoms with Crippen molar-refractivity contribution in [3.63, 3.8) is 0 Å². The second-order valence-electron chi connectivity index (χ2n) is 2.80. The van der Waals surface area contributed by atoms with Gasteiger partial charge in [0.1, 0.15) is 5.82 Å². The highest BCUT2D eigenvalue weighted by Crippen LogP contribution is 2.25. The number of terminal acetylenes is 1. The number of pyridine rings is 1. The van der Waals surface area contributed by atoms with E-state index >= 15 is 0 Å². The summed E-state index contributed by atoms with van der Waals surface area (Å²) in [5.41, 5.74) is -0.197. The van der Waals surface area contributed by atoms with Crippen LogP contribution in [0.2, 0.25) is 0 Å². The van der Waals surface area contributed by atoms with E-state index in [0.29, 0.717) is 12.4 Å². The first-order chi connectivity index (χ1) is 7.69. The number of hydrogen-bond acceptors (Lipinski definition) is 5. The van der Waals surface area contributed by atoms with Gasteiger partial charge >= 0.3 is 5.69 Å². The molecule has 0 aliphatic heterocycles. The fourth-order valence-electron chi connectivity index (χ4n) is 1.07. The largest absolute Gasteiger partial charge is 0.460 e. The van der Waals surface area contributed by atoms with Crippen LogP contribution in [0.5, 0.6) is 5.88 Å². The molecule has 0 atom stereocenters. The van der Waals surface area contributed by atoms with Crippen molar-refractivity contribution in [1.29, 1.82) is 0 Å². The zero-order valence-electron chi connectivity index (χ0n) is 8.77. The number of ether oxygens (including phenoxy) is 1. The van der Waals surface area contributed by atoms with E-state index in [0.717, 1.165) is 0 Å². The fraction of sp³-hybridized carbons (Fsp3) is 0.300. The van der Waals surface area contributed by atoms with Crippen LogP contribution in [0.25, 0.3) is 0 Å². The van der Waals surface area contributed by atoms with Gasteiger partial charge in [0.25, 0.3) is 5.88 Å². The van der Waals surface area contributed by atoms with Gasteiger partial charge in [-0.3, -0.25) is 10.1 Å². The summed E-state index contributed by atoms with van der Waals surface area (Å²) in [6.07, 6.45) is 5.01. The number of aromatic nitrogens is 1. The molecule has 0 aliphatic rings. The Morgan fingerprint density at radius 2 is 2.44 bits per heavy atom. The van der Waals surface area contributed by atoms with Gasteiger partial charge in [-0.15, -0.1) is 6.42 Å². The van der Waals surface area contributed by atoms with Crippen molar-refractivity contribution in [2.75, 3.05) is 18.5 Å². The van der Waals surface area contributed by atoms with Gasteiger partial charge in [0.2, 0.25) is 0 Å². The van der Waals surface area contributed by atoms with Crippen LogP contribution in [0.15, 0.2) is 12.1 Å². The van der Waals surface area contributed by atoms with Crippen molar-refractivity contribution in [2.24, 2.45) is 0 Å². The molecule has 1 aromatic heterocycles. The van der Waals surface area contributed by atoms with Crippen LogP contribution in [0, 0.1) is 22.5 Å². The summed E-state index contributed by atoms with van der Waals surface area (Å²) in [4.78, 5) is 14.1. The second-order valence-corrected chi connectivity index (χ2v) is 2.80. The molecule has 1 N–H and O–H groups in total. The third-order valence-electron chi connectivity index (χ3n) is 1.69. The van der Waals surface area contributed by atoms with E-state index in [1.807, 2.05) is 6.92 Å². The highest BCUT2D eigenvalue weighted by Gasteiger charge is 2.17. The lowest BCUT2D eigenvalue weighted by molar-refractivity contribution is -0.386. The second kappa shape index (κ2) is 5.56. The van der Waals surface area contributed by atoms with Crippen molar-refractivity contribution in [3.8, 4) is 18.2 Å². The molecule has 0 fully saturated rings. The predicted octanol–water partition coefficient (Wildman–Crippen LogP) is 1.43. The number of anilines is 1. The molecular weight excluding hydrogens is 210 g/mol. The minimum absolute atomic E-state index is 0.0522. The monoisotopic (exact) mass is 221 g/mol. The third kappa shape index (κ3) is 2.85. The maximum Gasteiger partial charge on any atom is 0.331 e. The maximum atomic E-state index is 10.7. The predicted molar refractivity (Wildman–Crippen MR) is 59.4 cm³/mol. The molecule has 84 valence electrons. The first-order valence-corrected chi connectivity index (χ1v) is 4.64. The van der Waals surface area contributed by atoms with Gasteiger partial charge < -0.3 is 10.1 Å². The Balaban J connectivity index is 3.01. The molecule has 0 radical (unpaired) electrons. The van der Waals surface area contributed by atoms with E-state index in [-0.39, 0.29) is 18.2 Å². The van der Waals surface area contributed by atoms with Crippen LogP contribution in [0.4, 0.5) is 11.5 Å². The lowest BCUT2D eigenvalue weighted by Gasteiger charge is -2.05. The Morgan fingerprint density at radius 3 is 3.00 bits per heavy atom. The quantitative estimate of drug-likeness (QED) is 0.462. The van der Waals surface area contributed by atoms with Crippen molar-refractivity contribution in [3.05, 3.63) is 22.2 Å². The van der Waals surface area contributed by atoms with E-state index in [4.69, 9.17) is 11.2 Å². The van der Waals surface area contributed by atoms with Crippen LogP contribution in [0.3, 0.4) is 0 Å². The van der Waals surface area contributed by atoms with E-state index in [9.17, 15) is 10.1 Å². The van der Waals surface area contributed by atoms with Crippen molar-refractivity contribution < 1.29 is 9.66 Å². The van der Waals surface area contributed by atoms with Gasteiger partial charge in [-0.05, 0) is 13.0 Å². The average Bonchev–Trinajstić information content (AvgIpc) is 2.26. The summed E-state index contributed by atoms with van der Waals surface area (Å²) < 4.78 is 5.01. The molecule has 0 amide bonds. The summed E-state index contributed by atoms with van der Waals surface area (Å²) in [5, 5.41) is 13.6. The number of nitrogens with zero attached hydrogens (tertiary/aromatic N) is 2. The molecule has 0 spiro atoms. The standard InChI is InChI=1S/C10H11N3O3/c1-3-7-16-10-8(13(14)15)5-6-9(12-10)11-4-2/h1,5-6H,4,7H2,2H3,(H,11,12). The Hall–Kier alpha value is -2.29. The smallest absolute Gasteiger partial charge is 0.331 e. The Morgan fingerprint density at radius 1 is 1.69 bits per heavy atom. The van der Waals surface area contributed by atoms with Crippen LogP contribution in [-0.4, -0.2) is 23.1 Å². The zero-order valence-corrected chi connectivity index (χ0v) is 8.77. The van der Waals surface area contributed by atoms with Gasteiger partial charge in [-0.1, -0.05) is 5.92 Å². The molecule has 6 nitrogen and oxygen atoms in total. The van der Waals surface area contributed by atoms with Gasteiger partial charge in [0, 0.05) is 12.6 Å². The van der Waals surface area contributed by atoms with E-state index in [1.54, 1.807) is 0 Å². The highest BCUT2D eigenvalue weighted by molar-refractivity contribution is 5.49. The lowest BCUT2D eigenvalue weighted by Crippen LogP contribution is -2.04. The fourth-order valence-corrected chi connectivity index (χ4v) is 1.07. The number of nitro groups is 1. The maximum absolute atomic E-state index is 10.7. The van der Waals surface area contributed by atoms with Crippen molar-refractivity contribution >= 4 is 11.5 Å². The Kier molecular flexibility index (Phi) is 4.09. The van der Waals surface area contributed by atoms with Crippen molar-refractivity contribution in [2.45, 2.75) is 6.92 Å². The summed E-state index contributed by atoms with van der Waals surface area (Å²) >= 11 is 0. The summed E-state index contributed by atoms with van der Waals surface area (Å²) in [6, 6.07) is 2.85. The average molecular weight is 221 g/mol. The van der Waals surface area contributed by atoms with E-state index in [1.165, 1.54) is 12.1 Å². The summed E-state index contributed by atoms with van der Waals surface area (Å²) in [5.74, 6) is 2.67. The molecule has 6 heteroatoms.